The molecule has 1 aliphatic heterocycles. The van der Waals surface area contributed by atoms with Crippen molar-refractivity contribution in [2.24, 2.45) is 0 Å². The van der Waals surface area contributed by atoms with Crippen molar-refractivity contribution in [2.75, 3.05) is 13.2 Å². The minimum Gasteiger partial charge on any atom is -0.501 e. The molecule has 1 aromatic rings. The van der Waals surface area contributed by atoms with Gasteiger partial charge in [-0.3, -0.25) is 0 Å². The molecule has 0 aliphatic carbocycles. The quantitative estimate of drug-likeness (QED) is 0.861. The van der Waals surface area contributed by atoms with Gasteiger partial charge >= 0.3 is 0 Å². The van der Waals surface area contributed by atoms with E-state index in [2.05, 4.69) is 44.3 Å². The molecule has 0 radical (unpaired) electrons. The van der Waals surface area contributed by atoms with Gasteiger partial charge in [-0.2, -0.15) is 0 Å². The third-order valence-corrected chi connectivity index (χ3v) is 3.89. The first-order chi connectivity index (χ1) is 9.24. The highest BCUT2D eigenvalue weighted by Gasteiger charge is 2.20. The fraction of sp³-hybridized carbons (Fsp3) is 0.529. The van der Waals surface area contributed by atoms with E-state index in [9.17, 15) is 0 Å². The predicted octanol–water partition coefficient (Wildman–Crippen LogP) is 4.04. The summed E-state index contributed by atoms with van der Waals surface area (Å²) in [5, 5.41) is 3.68. The molecule has 104 valence electrons. The molecule has 0 amide bonds. The van der Waals surface area contributed by atoms with Crippen LogP contribution in [0.4, 0.5) is 0 Å². The van der Waals surface area contributed by atoms with E-state index in [-0.39, 0.29) is 0 Å². The Morgan fingerprint density at radius 3 is 2.84 bits per heavy atom. The molecule has 1 heterocycles. The van der Waals surface area contributed by atoms with Crippen molar-refractivity contribution in [3.8, 4) is 0 Å². The smallest absolute Gasteiger partial charge is 0.0876 e. The van der Waals surface area contributed by atoms with Crippen LogP contribution < -0.4 is 5.32 Å². The van der Waals surface area contributed by atoms with Gasteiger partial charge in [0, 0.05) is 0 Å². The monoisotopic (exact) mass is 259 g/mol. The molecule has 2 rings (SSSR count). The third-order valence-electron chi connectivity index (χ3n) is 3.89. The van der Waals surface area contributed by atoms with Crippen molar-refractivity contribution in [1.29, 1.82) is 0 Å². The van der Waals surface area contributed by atoms with Gasteiger partial charge in [-0.1, -0.05) is 25.1 Å². The first-order valence-corrected chi connectivity index (χ1v) is 7.34. The Balaban J connectivity index is 2.30. The lowest BCUT2D eigenvalue weighted by Gasteiger charge is -2.26. The number of ether oxygens (including phenoxy) is 1. The zero-order valence-electron chi connectivity index (χ0n) is 12.3. The fourth-order valence-electron chi connectivity index (χ4n) is 2.61. The maximum atomic E-state index is 5.53. The topological polar surface area (TPSA) is 21.3 Å². The number of aryl methyl sites for hydroxylation is 1. The lowest BCUT2D eigenvalue weighted by molar-refractivity contribution is 0.219. The predicted molar refractivity (Wildman–Crippen MR) is 80.2 cm³/mol. The van der Waals surface area contributed by atoms with E-state index in [1.54, 1.807) is 0 Å². The minimum atomic E-state index is 0.306. The maximum absolute atomic E-state index is 5.53. The van der Waals surface area contributed by atoms with E-state index in [0.717, 1.165) is 32.4 Å². The maximum Gasteiger partial charge on any atom is 0.0876 e. The highest BCUT2D eigenvalue weighted by molar-refractivity contribution is 5.39. The molecule has 0 bridgehead atoms. The first kappa shape index (κ1) is 14.1. The molecular formula is C17H25NO. The molecule has 1 aliphatic rings. The van der Waals surface area contributed by atoms with Gasteiger partial charge in [0.25, 0.3) is 0 Å². The van der Waals surface area contributed by atoms with Crippen molar-refractivity contribution in [2.45, 2.75) is 46.1 Å². The van der Waals surface area contributed by atoms with Crippen LogP contribution in [0.15, 0.2) is 30.0 Å². The molecular weight excluding hydrogens is 234 g/mol. The standard InChI is InChI=1S/C17H25NO/c1-4-10-18-17(15-8-6-11-19-12-15)16-9-5-7-13(2)14(16)3/h5,7,9,12,17-18H,4,6,8,10-11H2,1-3H3. The van der Waals surface area contributed by atoms with E-state index >= 15 is 0 Å². The lowest BCUT2D eigenvalue weighted by atomic mass is 9.90. The largest absolute Gasteiger partial charge is 0.501 e. The van der Waals surface area contributed by atoms with Crippen LogP contribution in [0.25, 0.3) is 0 Å². The van der Waals surface area contributed by atoms with E-state index < -0.39 is 0 Å². The van der Waals surface area contributed by atoms with Gasteiger partial charge in [0.15, 0.2) is 0 Å². The van der Waals surface area contributed by atoms with Crippen LogP contribution in [0, 0.1) is 13.8 Å². The van der Waals surface area contributed by atoms with Gasteiger partial charge in [-0.05, 0) is 61.9 Å². The molecule has 1 unspecified atom stereocenters. The summed E-state index contributed by atoms with van der Waals surface area (Å²) in [6.45, 7) is 8.50. The minimum absolute atomic E-state index is 0.306. The normalized spacial score (nSPS) is 16.7. The number of nitrogens with one attached hydrogen (secondary N) is 1. The summed E-state index contributed by atoms with van der Waals surface area (Å²) in [4.78, 5) is 0. The Kier molecular flexibility index (Phi) is 5.03. The van der Waals surface area contributed by atoms with Crippen LogP contribution in [-0.2, 0) is 4.74 Å². The molecule has 2 heteroatoms. The summed E-state index contributed by atoms with van der Waals surface area (Å²) >= 11 is 0. The second-order valence-electron chi connectivity index (χ2n) is 5.34. The summed E-state index contributed by atoms with van der Waals surface area (Å²) in [6.07, 6.45) is 5.38. The van der Waals surface area contributed by atoms with Gasteiger partial charge in [-0.15, -0.1) is 0 Å². The van der Waals surface area contributed by atoms with Gasteiger partial charge in [-0.25, -0.2) is 0 Å². The zero-order chi connectivity index (χ0) is 13.7. The van der Waals surface area contributed by atoms with Crippen LogP contribution in [0.2, 0.25) is 0 Å². The highest BCUT2D eigenvalue weighted by Crippen LogP contribution is 2.30. The summed E-state index contributed by atoms with van der Waals surface area (Å²) in [7, 11) is 0. The third kappa shape index (κ3) is 3.38. The SMILES string of the molecule is CCCNC(C1=COCCC1)c1cccc(C)c1C. The molecule has 0 saturated heterocycles. The van der Waals surface area contributed by atoms with Crippen molar-refractivity contribution in [1.82, 2.24) is 5.32 Å². The van der Waals surface area contributed by atoms with Crippen molar-refractivity contribution < 1.29 is 4.74 Å². The van der Waals surface area contributed by atoms with Gasteiger partial charge < -0.3 is 10.1 Å². The summed E-state index contributed by atoms with van der Waals surface area (Å²) < 4.78 is 5.53. The first-order valence-electron chi connectivity index (χ1n) is 7.34. The molecule has 0 aromatic heterocycles. The Morgan fingerprint density at radius 1 is 1.32 bits per heavy atom. The molecule has 0 fully saturated rings. The molecule has 19 heavy (non-hydrogen) atoms. The Bertz CT molecular complexity index is 451. The molecule has 1 aromatic carbocycles. The van der Waals surface area contributed by atoms with E-state index in [4.69, 9.17) is 4.74 Å². The molecule has 1 N–H and O–H groups in total. The molecule has 1 atom stereocenters. The Morgan fingerprint density at radius 2 is 2.16 bits per heavy atom. The highest BCUT2D eigenvalue weighted by atomic mass is 16.5. The van der Waals surface area contributed by atoms with Crippen LogP contribution in [0.3, 0.4) is 0 Å². The van der Waals surface area contributed by atoms with Crippen molar-refractivity contribution >= 4 is 0 Å². The Hall–Kier alpha value is -1.28. The molecule has 0 spiro atoms. The van der Waals surface area contributed by atoms with Crippen LogP contribution in [-0.4, -0.2) is 13.2 Å². The summed E-state index contributed by atoms with van der Waals surface area (Å²) in [5.41, 5.74) is 5.53. The van der Waals surface area contributed by atoms with Gasteiger partial charge in [0.2, 0.25) is 0 Å². The van der Waals surface area contributed by atoms with Gasteiger partial charge in [0.1, 0.15) is 0 Å². The van der Waals surface area contributed by atoms with E-state index in [1.165, 1.54) is 22.3 Å². The Labute approximate surface area is 116 Å². The van der Waals surface area contributed by atoms with Crippen LogP contribution >= 0.6 is 0 Å². The average Bonchev–Trinajstić information content (AvgIpc) is 2.45. The lowest BCUT2D eigenvalue weighted by Crippen LogP contribution is -2.26. The molecule has 2 nitrogen and oxygen atoms in total. The summed E-state index contributed by atoms with van der Waals surface area (Å²) in [5.74, 6) is 0. The number of benzene rings is 1. The van der Waals surface area contributed by atoms with E-state index in [1.807, 2.05) is 6.26 Å². The zero-order valence-corrected chi connectivity index (χ0v) is 12.3. The van der Waals surface area contributed by atoms with Crippen LogP contribution in [0.1, 0.15) is 48.9 Å². The number of hydrogen-bond donors (Lipinski definition) is 1. The van der Waals surface area contributed by atoms with E-state index in [0.29, 0.717) is 6.04 Å². The molecule has 0 saturated carbocycles. The number of hydrogen-bond acceptors (Lipinski definition) is 2. The average molecular weight is 259 g/mol. The summed E-state index contributed by atoms with van der Waals surface area (Å²) in [6, 6.07) is 6.88. The van der Waals surface area contributed by atoms with Gasteiger partial charge in [0.05, 0.1) is 18.9 Å². The van der Waals surface area contributed by atoms with Crippen LogP contribution in [0.5, 0.6) is 0 Å². The van der Waals surface area contributed by atoms with Crippen molar-refractivity contribution in [3.05, 3.63) is 46.7 Å². The fourth-order valence-corrected chi connectivity index (χ4v) is 2.61. The van der Waals surface area contributed by atoms with Crippen molar-refractivity contribution in [3.63, 3.8) is 0 Å². The second kappa shape index (κ2) is 6.76. The second-order valence-corrected chi connectivity index (χ2v) is 5.34. The number of rotatable bonds is 5.